The van der Waals surface area contributed by atoms with E-state index < -0.39 is 0 Å². The first-order valence-corrected chi connectivity index (χ1v) is 7.46. The second-order valence-electron chi connectivity index (χ2n) is 4.75. The van der Waals surface area contributed by atoms with Crippen molar-refractivity contribution in [3.63, 3.8) is 0 Å². The summed E-state index contributed by atoms with van der Waals surface area (Å²) in [6, 6.07) is 5.69. The van der Waals surface area contributed by atoms with Crippen molar-refractivity contribution in [3.8, 4) is 11.5 Å². The minimum absolute atomic E-state index is 0.207. The van der Waals surface area contributed by atoms with Crippen LogP contribution in [0.4, 0.5) is 5.95 Å². The van der Waals surface area contributed by atoms with Crippen LogP contribution in [0, 0.1) is 0 Å². The van der Waals surface area contributed by atoms with Crippen molar-refractivity contribution >= 4 is 17.7 Å². The van der Waals surface area contributed by atoms with Crippen molar-refractivity contribution < 1.29 is 8.94 Å². The molecule has 3 aromatic heterocycles. The van der Waals surface area contributed by atoms with Gasteiger partial charge in [-0.1, -0.05) is 16.9 Å². The van der Waals surface area contributed by atoms with Gasteiger partial charge in [-0.3, -0.25) is 4.57 Å². The van der Waals surface area contributed by atoms with Gasteiger partial charge in [-0.2, -0.15) is 0 Å². The van der Waals surface area contributed by atoms with Gasteiger partial charge in [-0.15, -0.1) is 10.2 Å². The Kier molecular flexibility index (Phi) is 3.70. The van der Waals surface area contributed by atoms with Gasteiger partial charge in [-0.25, -0.2) is 0 Å². The van der Waals surface area contributed by atoms with Gasteiger partial charge in [0.1, 0.15) is 0 Å². The molecule has 8 heteroatoms. The van der Waals surface area contributed by atoms with Crippen LogP contribution < -0.4 is 5.73 Å². The van der Waals surface area contributed by atoms with E-state index in [4.69, 9.17) is 14.7 Å². The van der Waals surface area contributed by atoms with Crippen molar-refractivity contribution in [1.29, 1.82) is 0 Å². The predicted octanol–water partition coefficient (Wildman–Crippen LogP) is 2.98. The number of nitrogens with zero attached hydrogens (tertiary/aromatic N) is 4. The van der Waals surface area contributed by atoms with Crippen molar-refractivity contribution in [2.45, 2.75) is 30.8 Å². The van der Waals surface area contributed by atoms with Crippen LogP contribution in [-0.4, -0.2) is 19.9 Å². The number of anilines is 1. The number of hydrogen-bond acceptors (Lipinski definition) is 7. The molecule has 0 fully saturated rings. The molecule has 0 radical (unpaired) electrons. The lowest BCUT2D eigenvalue weighted by Gasteiger charge is -2.10. The van der Waals surface area contributed by atoms with E-state index >= 15 is 0 Å². The molecular weight excluding hydrogens is 290 g/mol. The summed E-state index contributed by atoms with van der Waals surface area (Å²) in [7, 11) is 0. The molecule has 0 aliphatic rings. The third-order valence-electron chi connectivity index (χ3n) is 2.88. The Labute approximate surface area is 125 Å². The molecule has 0 amide bonds. The average molecular weight is 305 g/mol. The van der Waals surface area contributed by atoms with Gasteiger partial charge < -0.3 is 14.7 Å². The lowest BCUT2D eigenvalue weighted by Crippen LogP contribution is -2.07. The molecule has 3 aromatic rings. The van der Waals surface area contributed by atoms with Crippen molar-refractivity contribution in [2.24, 2.45) is 0 Å². The van der Waals surface area contributed by atoms with Crippen LogP contribution in [0.1, 0.15) is 25.6 Å². The van der Waals surface area contributed by atoms with Crippen LogP contribution in [0.15, 0.2) is 38.6 Å². The van der Waals surface area contributed by atoms with Crippen LogP contribution >= 0.6 is 11.8 Å². The summed E-state index contributed by atoms with van der Waals surface area (Å²) >= 11 is 1.52. The minimum atomic E-state index is 0.207. The molecule has 7 nitrogen and oxygen atoms in total. The van der Waals surface area contributed by atoms with Crippen LogP contribution in [0.25, 0.3) is 11.5 Å². The zero-order valence-electron chi connectivity index (χ0n) is 11.7. The molecule has 3 rings (SSSR count). The molecule has 3 heterocycles. The second kappa shape index (κ2) is 5.65. The first-order chi connectivity index (χ1) is 10.1. The van der Waals surface area contributed by atoms with E-state index in [9.17, 15) is 0 Å². The van der Waals surface area contributed by atoms with Crippen LogP contribution in [0.3, 0.4) is 0 Å². The second-order valence-corrected chi connectivity index (χ2v) is 5.70. The zero-order chi connectivity index (χ0) is 14.8. The Morgan fingerprint density at radius 1 is 1.33 bits per heavy atom. The van der Waals surface area contributed by atoms with Gasteiger partial charge in [0.25, 0.3) is 0 Å². The number of hydrogen-bond donors (Lipinski definition) is 1. The van der Waals surface area contributed by atoms with Gasteiger partial charge in [-0.05, 0) is 26.0 Å². The van der Waals surface area contributed by atoms with E-state index in [1.165, 1.54) is 11.8 Å². The lowest BCUT2D eigenvalue weighted by molar-refractivity contribution is 0.413. The summed E-state index contributed by atoms with van der Waals surface area (Å²) in [5, 5.41) is 12.8. The maximum Gasteiger partial charge on any atom is 0.222 e. The van der Waals surface area contributed by atoms with Gasteiger partial charge >= 0.3 is 0 Å². The average Bonchev–Trinajstić information content (AvgIpc) is 3.16. The number of furan rings is 1. The Morgan fingerprint density at radius 2 is 2.19 bits per heavy atom. The third-order valence-corrected chi connectivity index (χ3v) is 3.86. The third kappa shape index (κ3) is 2.80. The lowest BCUT2D eigenvalue weighted by atomic mass is 10.3. The fourth-order valence-electron chi connectivity index (χ4n) is 1.93. The van der Waals surface area contributed by atoms with Crippen LogP contribution in [-0.2, 0) is 5.75 Å². The topological polar surface area (TPSA) is 95.9 Å². The molecular formula is C13H15N5O2S. The Morgan fingerprint density at radius 3 is 2.90 bits per heavy atom. The molecule has 110 valence electrons. The zero-order valence-corrected chi connectivity index (χ0v) is 12.5. The highest BCUT2D eigenvalue weighted by atomic mass is 32.2. The summed E-state index contributed by atoms with van der Waals surface area (Å²) in [5.41, 5.74) is 6.62. The monoisotopic (exact) mass is 305 g/mol. The van der Waals surface area contributed by atoms with Crippen molar-refractivity contribution in [1.82, 2.24) is 19.9 Å². The number of nitrogen functional groups attached to an aromatic ring is 1. The molecule has 0 saturated heterocycles. The molecule has 0 saturated carbocycles. The maximum atomic E-state index is 5.81. The SMILES string of the molecule is CC(C)n1c(N)nnc1SCc1cc(-c2ccco2)on1. The molecule has 0 bridgehead atoms. The maximum absolute atomic E-state index is 5.81. The number of thioether (sulfide) groups is 1. The van der Waals surface area contributed by atoms with Crippen molar-refractivity contribution in [2.75, 3.05) is 5.73 Å². The Hall–Kier alpha value is -2.22. The minimum Gasteiger partial charge on any atom is -0.461 e. The summed E-state index contributed by atoms with van der Waals surface area (Å²) in [5.74, 6) is 2.31. The molecule has 0 aromatic carbocycles. The largest absolute Gasteiger partial charge is 0.461 e. The summed E-state index contributed by atoms with van der Waals surface area (Å²) < 4.78 is 12.4. The van der Waals surface area contributed by atoms with E-state index in [0.29, 0.717) is 23.2 Å². The normalized spacial score (nSPS) is 11.4. The first kappa shape index (κ1) is 13.7. The molecule has 21 heavy (non-hydrogen) atoms. The van der Waals surface area contributed by atoms with E-state index in [0.717, 1.165) is 10.9 Å². The number of nitrogens with two attached hydrogens (primary N) is 1. The molecule has 0 aliphatic carbocycles. The molecule has 2 N–H and O–H groups in total. The summed E-state index contributed by atoms with van der Waals surface area (Å²) in [6.45, 7) is 4.07. The fraction of sp³-hybridized carbons (Fsp3) is 0.308. The van der Waals surface area contributed by atoms with Gasteiger partial charge in [0, 0.05) is 17.9 Å². The fourth-order valence-corrected chi connectivity index (χ4v) is 2.88. The first-order valence-electron chi connectivity index (χ1n) is 6.48. The van der Waals surface area contributed by atoms with Gasteiger partial charge in [0.2, 0.25) is 11.7 Å². The highest BCUT2D eigenvalue weighted by Gasteiger charge is 2.15. The van der Waals surface area contributed by atoms with E-state index in [2.05, 4.69) is 15.4 Å². The Bertz CT molecular complexity index is 717. The quantitative estimate of drug-likeness (QED) is 0.724. The number of rotatable bonds is 5. The predicted molar refractivity (Wildman–Crippen MR) is 78.6 cm³/mol. The van der Waals surface area contributed by atoms with Gasteiger partial charge in [0.15, 0.2) is 10.9 Å². The molecule has 0 spiro atoms. The van der Waals surface area contributed by atoms with Crippen LogP contribution in [0.5, 0.6) is 0 Å². The van der Waals surface area contributed by atoms with E-state index in [-0.39, 0.29) is 6.04 Å². The van der Waals surface area contributed by atoms with Crippen LogP contribution in [0.2, 0.25) is 0 Å². The van der Waals surface area contributed by atoms with E-state index in [1.54, 1.807) is 12.3 Å². The summed E-state index contributed by atoms with van der Waals surface area (Å²) in [4.78, 5) is 0. The number of aromatic nitrogens is 4. The summed E-state index contributed by atoms with van der Waals surface area (Å²) in [6.07, 6.45) is 1.60. The van der Waals surface area contributed by atoms with Crippen molar-refractivity contribution in [3.05, 3.63) is 30.2 Å². The van der Waals surface area contributed by atoms with E-state index in [1.807, 2.05) is 30.5 Å². The highest BCUT2D eigenvalue weighted by molar-refractivity contribution is 7.98. The Balaban J connectivity index is 1.71. The highest BCUT2D eigenvalue weighted by Crippen LogP contribution is 2.27. The smallest absolute Gasteiger partial charge is 0.222 e. The molecule has 0 atom stereocenters. The standard InChI is InChI=1S/C13H15N5O2S/c1-8(2)18-12(14)15-16-13(18)21-7-9-6-11(20-17-9)10-4-3-5-19-10/h3-6,8H,7H2,1-2H3,(H2,14,15). The molecule has 0 aliphatic heterocycles. The van der Waals surface area contributed by atoms with Gasteiger partial charge in [0.05, 0.1) is 12.0 Å². The molecule has 0 unspecified atom stereocenters.